The van der Waals surface area contributed by atoms with Gasteiger partial charge in [0.15, 0.2) is 0 Å². The predicted octanol–water partition coefficient (Wildman–Crippen LogP) is 2.70. The number of nitrogens with zero attached hydrogens (tertiary/aromatic N) is 3. The molecule has 2 N–H and O–H groups in total. The third-order valence-corrected chi connectivity index (χ3v) is 2.80. The van der Waals surface area contributed by atoms with Crippen LogP contribution in [-0.4, -0.2) is 21.1 Å². The summed E-state index contributed by atoms with van der Waals surface area (Å²) < 4.78 is 56.3. The van der Waals surface area contributed by atoms with E-state index >= 15 is 0 Å². The first-order valence-electron chi connectivity index (χ1n) is 5.81. The highest BCUT2D eigenvalue weighted by Gasteiger charge is 2.32. The average molecular weight is 292 g/mol. The Labute approximate surface area is 111 Å². The number of nitrogen functional groups attached to an aromatic ring is 1. The summed E-state index contributed by atoms with van der Waals surface area (Å²) in [4.78, 5) is 0. The third-order valence-electron chi connectivity index (χ3n) is 2.80. The molecule has 0 spiro atoms. The van der Waals surface area contributed by atoms with E-state index in [1.165, 1.54) is 6.20 Å². The van der Waals surface area contributed by atoms with Crippen molar-refractivity contribution < 1.29 is 22.1 Å². The second-order valence-corrected chi connectivity index (χ2v) is 4.30. The highest BCUT2D eigenvalue weighted by Crippen LogP contribution is 2.29. The van der Waals surface area contributed by atoms with Gasteiger partial charge < -0.3 is 10.3 Å². The van der Waals surface area contributed by atoms with Crippen LogP contribution in [0.4, 0.5) is 23.2 Å². The van der Waals surface area contributed by atoms with Crippen molar-refractivity contribution in [1.29, 1.82) is 0 Å². The van der Waals surface area contributed by atoms with Crippen molar-refractivity contribution in [2.75, 3.05) is 5.73 Å². The summed E-state index contributed by atoms with van der Waals surface area (Å²) >= 11 is 0. The number of hydrogen-bond acceptors (Lipinski definition) is 4. The maximum Gasteiger partial charge on any atom is 0.393 e. The normalized spacial score (nSPS) is 13.7. The zero-order valence-corrected chi connectivity index (χ0v) is 10.5. The Morgan fingerprint density at radius 1 is 1.45 bits per heavy atom. The van der Waals surface area contributed by atoms with Gasteiger partial charge in [0.1, 0.15) is 17.6 Å². The third kappa shape index (κ3) is 2.91. The summed E-state index contributed by atoms with van der Waals surface area (Å²) in [5.41, 5.74) is 5.15. The maximum atomic E-state index is 13.2. The number of rotatable bonds is 4. The Kier molecular flexibility index (Phi) is 3.69. The van der Waals surface area contributed by atoms with Crippen LogP contribution in [0.5, 0.6) is 0 Å². The summed E-state index contributed by atoms with van der Waals surface area (Å²) in [6.07, 6.45) is -3.03. The van der Waals surface area contributed by atoms with E-state index in [1.54, 1.807) is 6.92 Å². The van der Waals surface area contributed by atoms with Gasteiger partial charge in [-0.05, 0) is 6.42 Å². The highest BCUT2D eigenvalue weighted by atomic mass is 19.4. The van der Waals surface area contributed by atoms with Crippen LogP contribution >= 0.6 is 0 Å². The van der Waals surface area contributed by atoms with Crippen LogP contribution in [0.3, 0.4) is 0 Å². The first-order valence-corrected chi connectivity index (χ1v) is 5.81. The number of nitrogens with two attached hydrogens (primary N) is 1. The lowest BCUT2D eigenvalue weighted by Crippen LogP contribution is -2.17. The van der Waals surface area contributed by atoms with E-state index in [4.69, 9.17) is 5.73 Å². The Balaban J connectivity index is 2.35. The molecule has 1 atom stereocenters. The van der Waals surface area contributed by atoms with E-state index in [0.717, 1.165) is 10.9 Å². The molecule has 0 radical (unpaired) electrons. The summed E-state index contributed by atoms with van der Waals surface area (Å²) in [5.74, 6) is -0.871. The van der Waals surface area contributed by atoms with Gasteiger partial charge in [-0.3, -0.25) is 4.68 Å². The van der Waals surface area contributed by atoms with Crippen molar-refractivity contribution in [3.63, 3.8) is 0 Å². The number of aromatic nitrogens is 3. The van der Waals surface area contributed by atoms with Crippen molar-refractivity contribution in [3.8, 4) is 0 Å². The number of anilines is 1. The molecular formula is C11H12F4N4O. The van der Waals surface area contributed by atoms with E-state index in [1.807, 2.05) is 0 Å². The molecule has 5 nitrogen and oxygen atoms in total. The summed E-state index contributed by atoms with van der Waals surface area (Å²) in [6.45, 7) is 1.71. The monoisotopic (exact) mass is 292 g/mol. The van der Waals surface area contributed by atoms with Gasteiger partial charge in [-0.15, -0.1) is 5.10 Å². The fourth-order valence-electron chi connectivity index (χ4n) is 1.94. The lowest BCUT2D eigenvalue weighted by Gasteiger charge is -2.14. The van der Waals surface area contributed by atoms with Gasteiger partial charge in [0.2, 0.25) is 0 Å². The van der Waals surface area contributed by atoms with E-state index < -0.39 is 24.6 Å². The fraction of sp³-hybridized carbons (Fsp3) is 0.455. The van der Waals surface area contributed by atoms with Crippen LogP contribution in [0.1, 0.15) is 30.6 Å². The van der Waals surface area contributed by atoms with Crippen LogP contribution in [0.2, 0.25) is 0 Å². The number of hydrogen-bond donors (Lipinski definition) is 1. The topological polar surface area (TPSA) is 69.9 Å². The predicted molar refractivity (Wildman–Crippen MR) is 61.3 cm³/mol. The second-order valence-electron chi connectivity index (χ2n) is 4.30. The average Bonchev–Trinajstić information content (AvgIpc) is 2.87. The van der Waals surface area contributed by atoms with Crippen molar-refractivity contribution >= 4 is 5.69 Å². The molecule has 20 heavy (non-hydrogen) atoms. The Hall–Kier alpha value is -2.06. The lowest BCUT2D eigenvalue weighted by molar-refractivity contribution is -0.127. The minimum Gasteiger partial charge on any atom is -0.394 e. The summed E-state index contributed by atoms with van der Waals surface area (Å²) in [5, 5.41) is 7.12. The van der Waals surface area contributed by atoms with Crippen LogP contribution in [0, 0.1) is 5.95 Å². The van der Waals surface area contributed by atoms with Crippen molar-refractivity contribution in [1.82, 2.24) is 14.9 Å². The largest absolute Gasteiger partial charge is 0.394 e. The SMILES string of the molecule is CCC(c1nocc1CC(F)(F)F)n1cc(N)c(F)n1. The highest BCUT2D eigenvalue weighted by molar-refractivity contribution is 5.33. The molecule has 0 fully saturated rings. The zero-order chi connectivity index (χ0) is 14.9. The molecule has 9 heteroatoms. The molecule has 0 saturated heterocycles. The van der Waals surface area contributed by atoms with Gasteiger partial charge in [0.25, 0.3) is 5.95 Å². The quantitative estimate of drug-likeness (QED) is 0.880. The lowest BCUT2D eigenvalue weighted by atomic mass is 10.1. The molecule has 0 aliphatic rings. The van der Waals surface area contributed by atoms with Crippen LogP contribution in [-0.2, 0) is 6.42 Å². The molecule has 2 aromatic rings. The van der Waals surface area contributed by atoms with Gasteiger partial charge in [0.05, 0.1) is 18.7 Å². The molecule has 0 amide bonds. The van der Waals surface area contributed by atoms with Crippen molar-refractivity contribution in [2.45, 2.75) is 32.0 Å². The van der Waals surface area contributed by atoms with Gasteiger partial charge in [-0.2, -0.15) is 17.6 Å². The van der Waals surface area contributed by atoms with Crippen LogP contribution in [0.15, 0.2) is 17.0 Å². The van der Waals surface area contributed by atoms with Crippen molar-refractivity contribution in [3.05, 3.63) is 29.7 Å². The van der Waals surface area contributed by atoms with Gasteiger partial charge >= 0.3 is 6.18 Å². The second kappa shape index (κ2) is 5.14. The molecule has 1 unspecified atom stereocenters. The Bertz CT molecular complexity index is 570. The van der Waals surface area contributed by atoms with Crippen molar-refractivity contribution in [2.24, 2.45) is 0 Å². The number of alkyl halides is 3. The fourth-order valence-corrected chi connectivity index (χ4v) is 1.94. The van der Waals surface area contributed by atoms with Gasteiger partial charge in [-0.25, -0.2) is 0 Å². The molecule has 0 bridgehead atoms. The van der Waals surface area contributed by atoms with Crippen LogP contribution < -0.4 is 5.73 Å². The van der Waals surface area contributed by atoms with Gasteiger partial charge in [0, 0.05) is 5.56 Å². The van der Waals surface area contributed by atoms with E-state index in [2.05, 4.69) is 14.8 Å². The minimum atomic E-state index is -4.38. The van der Waals surface area contributed by atoms with Crippen LogP contribution in [0.25, 0.3) is 0 Å². The summed E-state index contributed by atoms with van der Waals surface area (Å²) in [7, 11) is 0. The van der Waals surface area contributed by atoms with E-state index in [9.17, 15) is 17.6 Å². The van der Waals surface area contributed by atoms with E-state index in [-0.39, 0.29) is 16.9 Å². The standard InChI is InChI=1S/C11H12F4N4O/c1-2-8(19-4-7(16)10(12)17-19)9-6(5-20-18-9)3-11(13,14)15/h4-5,8H,2-3,16H2,1H3. The minimum absolute atomic E-state index is 0.0762. The zero-order valence-electron chi connectivity index (χ0n) is 10.5. The van der Waals surface area contributed by atoms with Gasteiger partial charge in [-0.1, -0.05) is 12.1 Å². The molecule has 0 aliphatic heterocycles. The first kappa shape index (κ1) is 14.4. The Morgan fingerprint density at radius 3 is 2.65 bits per heavy atom. The van der Waals surface area contributed by atoms with E-state index in [0.29, 0.717) is 6.42 Å². The molecule has 2 rings (SSSR count). The molecule has 0 aromatic carbocycles. The Morgan fingerprint density at radius 2 is 2.15 bits per heavy atom. The molecule has 0 aliphatic carbocycles. The first-order chi connectivity index (χ1) is 9.31. The molecular weight excluding hydrogens is 280 g/mol. The molecule has 2 heterocycles. The number of halogens is 4. The molecule has 110 valence electrons. The molecule has 2 aromatic heterocycles. The molecule has 0 saturated carbocycles. The maximum absolute atomic E-state index is 13.2. The summed E-state index contributed by atoms with van der Waals surface area (Å²) in [6, 6.07) is -0.669. The smallest absolute Gasteiger partial charge is 0.393 e.